The molecule has 6 heteroatoms. The first-order chi connectivity index (χ1) is 9.24. The third kappa shape index (κ3) is 4.02. The number of benzene rings is 1. The van der Waals surface area contributed by atoms with Crippen molar-refractivity contribution in [2.24, 2.45) is 5.92 Å². The van der Waals surface area contributed by atoms with E-state index in [4.69, 9.17) is 9.47 Å². The molecule has 1 fully saturated rings. The molecule has 112 valence electrons. The van der Waals surface area contributed by atoms with Crippen LogP contribution in [0.25, 0.3) is 0 Å². The smallest absolute Gasteiger partial charge is 0.228 e. The normalized spacial score (nSPS) is 17.2. The van der Waals surface area contributed by atoms with Crippen LogP contribution in [0.1, 0.15) is 13.3 Å². The Morgan fingerprint density at radius 2 is 2.30 bits per heavy atom. The summed E-state index contributed by atoms with van der Waals surface area (Å²) < 4.78 is 10.7. The summed E-state index contributed by atoms with van der Waals surface area (Å²) in [6.07, 6.45) is 0.875. The molecule has 2 N–H and O–H groups in total. The average Bonchev–Trinajstić information content (AvgIpc) is 2.95. The molecule has 1 aliphatic heterocycles. The Kier molecular flexibility index (Phi) is 6.61. The number of halogens is 1. The van der Waals surface area contributed by atoms with Gasteiger partial charge < -0.3 is 20.1 Å². The molecular formula is C14H21ClN2O3. The highest BCUT2D eigenvalue weighted by molar-refractivity contribution is 5.94. The first-order valence-corrected chi connectivity index (χ1v) is 6.57. The standard InChI is InChI=1S/C14H20N2O3.ClH/c1-3-19-13-5-4-11(18-2)8-12(13)16-14(17)10-6-7-15-9-10;/h4-5,8,10,15H,3,6-7,9H2,1-2H3,(H,16,17);1H. The Labute approximate surface area is 125 Å². The third-order valence-corrected chi connectivity index (χ3v) is 3.18. The molecule has 2 rings (SSSR count). The summed E-state index contributed by atoms with van der Waals surface area (Å²) in [6.45, 7) is 4.10. The summed E-state index contributed by atoms with van der Waals surface area (Å²) in [5, 5.41) is 6.11. The number of hydrogen-bond acceptors (Lipinski definition) is 4. The van der Waals surface area contributed by atoms with Crippen molar-refractivity contribution in [1.82, 2.24) is 5.32 Å². The molecule has 1 unspecified atom stereocenters. The van der Waals surface area contributed by atoms with E-state index in [9.17, 15) is 4.79 Å². The molecule has 0 radical (unpaired) electrons. The molecule has 1 heterocycles. The van der Waals surface area contributed by atoms with E-state index in [1.54, 1.807) is 13.2 Å². The zero-order chi connectivity index (χ0) is 13.7. The Balaban J connectivity index is 0.00000200. The number of hydrogen-bond donors (Lipinski definition) is 2. The first kappa shape index (κ1) is 16.6. The van der Waals surface area contributed by atoms with Crippen LogP contribution in [-0.4, -0.2) is 32.7 Å². The highest BCUT2D eigenvalue weighted by atomic mass is 35.5. The van der Waals surface area contributed by atoms with Crippen molar-refractivity contribution >= 4 is 24.0 Å². The topological polar surface area (TPSA) is 59.6 Å². The second kappa shape index (κ2) is 7.97. The lowest BCUT2D eigenvalue weighted by atomic mass is 10.1. The maximum absolute atomic E-state index is 12.1. The van der Waals surface area contributed by atoms with E-state index in [-0.39, 0.29) is 24.2 Å². The molecule has 0 bridgehead atoms. The second-order valence-corrected chi connectivity index (χ2v) is 4.47. The number of carbonyl (C=O) groups is 1. The van der Waals surface area contributed by atoms with E-state index in [1.807, 2.05) is 19.1 Å². The highest BCUT2D eigenvalue weighted by Crippen LogP contribution is 2.30. The van der Waals surface area contributed by atoms with Crippen molar-refractivity contribution in [3.8, 4) is 11.5 Å². The maximum atomic E-state index is 12.1. The van der Waals surface area contributed by atoms with E-state index in [0.717, 1.165) is 19.5 Å². The van der Waals surface area contributed by atoms with E-state index in [0.29, 0.717) is 23.8 Å². The summed E-state index contributed by atoms with van der Waals surface area (Å²) in [7, 11) is 1.60. The second-order valence-electron chi connectivity index (χ2n) is 4.47. The van der Waals surface area contributed by atoms with Gasteiger partial charge in [0.25, 0.3) is 0 Å². The molecule has 1 aromatic carbocycles. The fraction of sp³-hybridized carbons (Fsp3) is 0.500. The number of rotatable bonds is 5. The van der Waals surface area contributed by atoms with Crippen molar-refractivity contribution in [2.75, 3.05) is 32.1 Å². The van der Waals surface area contributed by atoms with Gasteiger partial charge in [-0.3, -0.25) is 4.79 Å². The molecule has 1 amide bonds. The molecular weight excluding hydrogens is 280 g/mol. The number of amides is 1. The molecule has 5 nitrogen and oxygen atoms in total. The van der Waals surface area contributed by atoms with Crippen molar-refractivity contribution in [3.05, 3.63) is 18.2 Å². The van der Waals surface area contributed by atoms with Crippen molar-refractivity contribution < 1.29 is 14.3 Å². The van der Waals surface area contributed by atoms with E-state index in [1.165, 1.54) is 0 Å². The quantitative estimate of drug-likeness (QED) is 0.874. The monoisotopic (exact) mass is 300 g/mol. The predicted molar refractivity (Wildman–Crippen MR) is 81.0 cm³/mol. The molecule has 0 aromatic heterocycles. The third-order valence-electron chi connectivity index (χ3n) is 3.18. The summed E-state index contributed by atoms with van der Waals surface area (Å²) in [6, 6.07) is 5.41. The minimum Gasteiger partial charge on any atom is -0.497 e. The Hall–Kier alpha value is -1.46. The fourth-order valence-electron chi connectivity index (χ4n) is 2.13. The van der Waals surface area contributed by atoms with Gasteiger partial charge in [-0.05, 0) is 32.0 Å². The number of carbonyl (C=O) groups excluding carboxylic acids is 1. The Morgan fingerprint density at radius 3 is 2.90 bits per heavy atom. The number of nitrogens with one attached hydrogen (secondary N) is 2. The number of ether oxygens (including phenoxy) is 2. The van der Waals surface area contributed by atoms with Gasteiger partial charge in [-0.15, -0.1) is 12.4 Å². The van der Waals surface area contributed by atoms with Crippen LogP contribution in [0.2, 0.25) is 0 Å². The molecule has 1 aromatic rings. The van der Waals surface area contributed by atoms with Crippen LogP contribution in [-0.2, 0) is 4.79 Å². The minimum absolute atomic E-state index is 0. The number of anilines is 1. The molecule has 1 aliphatic rings. The molecule has 1 saturated heterocycles. The van der Waals surface area contributed by atoms with Gasteiger partial charge in [-0.2, -0.15) is 0 Å². The van der Waals surface area contributed by atoms with Gasteiger partial charge in [-0.1, -0.05) is 0 Å². The average molecular weight is 301 g/mol. The van der Waals surface area contributed by atoms with Gasteiger partial charge >= 0.3 is 0 Å². The molecule has 0 saturated carbocycles. The van der Waals surface area contributed by atoms with Gasteiger partial charge in [-0.25, -0.2) is 0 Å². The lowest BCUT2D eigenvalue weighted by Gasteiger charge is -2.15. The predicted octanol–water partition coefficient (Wildman–Crippen LogP) is 2.06. The summed E-state index contributed by atoms with van der Waals surface area (Å²) in [5.41, 5.74) is 0.665. The van der Waals surface area contributed by atoms with Crippen LogP contribution < -0.4 is 20.1 Å². The molecule has 0 aliphatic carbocycles. The summed E-state index contributed by atoms with van der Waals surface area (Å²) in [5.74, 6) is 1.42. The number of methoxy groups -OCH3 is 1. The van der Waals surface area contributed by atoms with Gasteiger partial charge in [0.1, 0.15) is 11.5 Å². The zero-order valence-corrected chi connectivity index (χ0v) is 12.6. The van der Waals surface area contributed by atoms with Crippen LogP contribution in [0.3, 0.4) is 0 Å². The maximum Gasteiger partial charge on any atom is 0.228 e. The Morgan fingerprint density at radius 1 is 1.50 bits per heavy atom. The summed E-state index contributed by atoms with van der Waals surface area (Å²) >= 11 is 0. The zero-order valence-electron chi connectivity index (χ0n) is 11.8. The fourth-order valence-corrected chi connectivity index (χ4v) is 2.13. The molecule has 0 spiro atoms. The van der Waals surface area contributed by atoms with E-state index >= 15 is 0 Å². The van der Waals surface area contributed by atoms with Crippen LogP contribution in [0, 0.1) is 5.92 Å². The minimum atomic E-state index is 0. The SMILES string of the molecule is CCOc1ccc(OC)cc1NC(=O)C1CCNC1.Cl. The van der Waals surface area contributed by atoms with Gasteiger partial charge in [0.15, 0.2) is 0 Å². The van der Waals surface area contributed by atoms with Gasteiger partial charge in [0, 0.05) is 12.6 Å². The van der Waals surface area contributed by atoms with Crippen LogP contribution in [0.15, 0.2) is 18.2 Å². The van der Waals surface area contributed by atoms with Crippen LogP contribution >= 0.6 is 12.4 Å². The van der Waals surface area contributed by atoms with Crippen LogP contribution in [0.5, 0.6) is 11.5 Å². The van der Waals surface area contributed by atoms with Gasteiger partial charge in [0.05, 0.1) is 25.3 Å². The van der Waals surface area contributed by atoms with Crippen LogP contribution in [0.4, 0.5) is 5.69 Å². The van der Waals surface area contributed by atoms with E-state index in [2.05, 4.69) is 10.6 Å². The first-order valence-electron chi connectivity index (χ1n) is 6.57. The largest absolute Gasteiger partial charge is 0.497 e. The van der Waals surface area contributed by atoms with Crippen molar-refractivity contribution in [2.45, 2.75) is 13.3 Å². The van der Waals surface area contributed by atoms with Crippen molar-refractivity contribution in [3.63, 3.8) is 0 Å². The van der Waals surface area contributed by atoms with E-state index < -0.39 is 0 Å². The molecule has 20 heavy (non-hydrogen) atoms. The Bertz CT molecular complexity index is 448. The lowest BCUT2D eigenvalue weighted by molar-refractivity contribution is -0.119. The lowest BCUT2D eigenvalue weighted by Crippen LogP contribution is -2.24. The summed E-state index contributed by atoms with van der Waals surface area (Å²) in [4.78, 5) is 12.1. The highest BCUT2D eigenvalue weighted by Gasteiger charge is 2.23. The van der Waals surface area contributed by atoms with Gasteiger partial charge in [0.2, 0.25) is 5.91 Å². The molecule has 1 atom stereocenters. The van der Waals surface area contributed by atoms with Crippen molar-refractivity contribution in [1.29, 1.82) is 0 Å².